The molecule has 0 aliphatic carbocycles. The molecule has 3 aromatic rings. The van der Waals surface area contributed by atoms with Crippen molar-refractivity contribution in [1.82, 2.24) is 19.5 Å². The summed E-state index contributed by atoms with van der Waals surface area (Å²) in [5.41, 5.74) is 5.11. The number of sulfone groups is 1. The molecule has 5 rings (SSSR count). The Kier molecular flexibility index (Phi) is 5.64. The fourth-order valence-electron chi connectivity index (χ4n) is 4.08. The molecule has 188 valence electrons. The van der Waals surface area contributed by atoms with Crippen molar-refractivity contribution in [1.29, 1.82) is 0 Å². The Bertz CT molecular complexity index is 1520. The molecule has 2 aromatic heterocycles. The molecule has 0 radical (unpaired) electrons. The molecule has 1 aromatic carbocycles. The van der Waals surface area contributed by atoms with Crippen molar-refractivity contribution in [2.75, 3.05) is 12.3 Å². The molecule has 0 saturated carbocycles. The minimum absolute atomic E-state index is 0.128. The van der Waals surface area contributed by atoms with Crippen LogP contribution in [0.2, 0.25) is 0 Å². The number of benzene rings is 1. The van der Waals surface area contributed by atoms with Gasteiger partial charge >= 0.3 is 0 Å². The first-order valence-electron chi connectivity index (χ1n) is 10.5. The number of nitrogens with zero attached hydrogens (tertiary/aromatic N) is 3. The lowest BCUT2D eigenvalue weighted by atomic mass is 10.0. The predicted molar refractivity (Wildman–Crippen MR) is 117 cm³/mol. The molecule has 0 amide bonds. The predicted octanol–water partition coefficient (Wildman–Crippen LogP) is -0.200. The molecule has 0 bridgehead atoms. The van der Waals surface area contributed by atoms with Crippen LogP contribution < -0.4 is 16.2 Å². The van der Waals surface area contributed by atoms with Gasteiger partial charge in [-0.05, 0) is 23.6 Å². The summed E-state index contributed by atoms with van der Waals surface area (Å²) >= 11 is 0. The number of hydrogen-bond donors (Lipinski definition) is 3. The van der Waals surface area contributed by atoms with Gasteiger partial charge in [0.1, 0.15) is 18.3 Å². The van der Waals surface area contributed by atoms with E-state index in [1.165, 1.54) is 12.1 Å². The lowest BCUT2D eigenvalue weighted by Crippen LogP contribution is -2.41. The van der Waals surface area contributed by atoms with E-state index >= 15 is 0 Å². The molecule has 14 nitrogen and oxygen atoms in total. The van der Waals surface area contributed by atoms with Gasteiger partial charge in [-0.2, -0.15) is 4.98 Å². The molecule has 0 spiro atoms. The third kappa shape index (κ3) is 3.98. The van der Waals surface area contributed by atoms with Crippen LogP contribution in [0.5, 0.6) is 0 Å². The first-order valence-corrected chi connectivity index (χ1v) is 13.4. The molecule has 4 N–H and O–H groups in total. The van der Waals surface area contributed by atoms with Crippen LogP contribution in [0.25, 0.3) is 11.2 Å². The molecule has 2 aliphatic rings. The average molecular weight is 526 g/mol. The van der Waals surface area contributed by atoms with Gasteiger partial charge in [0.15, 0.2) is 17.4 Å². The van der Waals surface area contributed by atoms with E-state index in [1.807, 2.05) is 13.8 Å². The van der Waals surface area contributed by atoms with E-state index in [4.69, 9.17) is 15.0 Å². The maximum atomic E-state index is 13.6. The van der Waals surface area contributed by atoms with Gasteiger partial charge in [0.25, 0.3) is 13.4 Å². The number of rotatable bonds is 4. The molecule has 2 aliphatic heterocycles. The molecule has 2 fully saturated rings. The second-order valence-electron chi connectivity index (χ2n) is 8.48. The van der Waals surface area contributed by atoms with Gasteiger partial charge in [-0.1, -0.05) is 26.0 Å². The van der Waals surface area contributed by atoms with Crippen molar-refractivity contribution in [2.24, 2.45) is 0 Å². The standard InChI is InChI=1S/C19H22N5O9PS/c1-8(2)9-3-5-10(6-4-9)35(29,30)19-21-12-15(22-18(20)23-16(12)26)24(19)17-13(25)14-11(32-17)7-31-34(27,28)33-14/h3-6,8,11,13-14,17,25H,7H2,1-2H3,(H,27,28)(H3,20,22,23,26)/p-1/t11?,13?,14-,17-/m1/s1. The Morgan fingerprint density at radius 3 is 2.63 bits per heavy atom. The quantitative estimate of drug-likeness (QED) is 0.377. The fraction of sp³-hybridized carbons (Fsp3) is 0.421. The van der Waals surface area contributed by atoms with E-state index in [9.17, 15) is 27.8 Å². The van der Waals surface area contributed by atoms with Crippen LogP contribution >= 0.6 is 7.82 Å². The highest BCUT2D eigenvalue weighted by molar-refractivity contribution is 7.91. The second kappa shape index (κ2) is 8.20. The Balaban J connectivity index is 1.69. The third-order valence-electron chi connectivity index (χ3n) is 5.85. The highest BCUT2D eigenvalue weighted by Gasteiger charge is 2.51. The second-order valence-corrected chi connectivity index (χ2v) is 11.7. The number of nitrogens with two attached hydrogens (primary N) is 1. The molecule has 2 saturated heterocycles. The largest absolute Gasteiger partial charge is 0.756 e. The summed E-state index contributed by atoms with van der Waals surface area (Å²) in [6.45, 7) is 3.45. The first-order chi connectivity index (χ1) is 16.4. The summed E-state index contributed by atoms with van der Waals surface area (Å²) in [7, 11) is -9.07. The molecule has 35 heavy (non-hydrogen) atoms. The van der Waals surface area contributed by atoms with Crippen molar-refractivity contribution in [2.45, 2.75) is 54.4 Å². The topological polar surface area (TPSA) is 212 Å². The summed E-state index contributed by atoms with van der Waals surface area (Å²) in [5.74, 6) is -0.172. The smallest absolute Gasteiger partial charge is 0.280 e. The lowest BCUT2D eigenvalue weighted by Gasteiger charge is -2.34. The van der Waals surface area contributed by atoms with Crippen LogP contribution in [0, 0.1) is 0 Å². The van der Waals surface area contributed by atoms with E-state index in [-0.39, 0.29) is 27.9 Å². The number of phosphoric ester groups is 1. The van der Waals surface area contributed by atoms with E-state index in [1.54, 1.807) is 12.1 Å². The number of ether oxygens (including phenoxy) is 1. The van der Waals surface area contributed by atoms with Crippen molar-refractivity contribution >= 4 is 34.8 Å². The van der Waals surface area contributed by atoms with Gasteiger partial charge in [-0.15, -0.1) is 0 Å². The lowest BCUT2D eigenvalue weighted by molar-refractivity contribution is -0.245. The number of fused-ring (bicyclic) bond motifs is 2. The Morgan fingerprint density at radius 1 is 1.29 bits per heavy atom. The molecular weight excluding hydrogens is 505 g/mol. The number of anilines is 1. The maximum Gasteiger partial charge on any atom is 0.280 e. The van der Waals surface area contributed by atoms with Crippen molar-refractivity contribution in [3.8, 4) is 0 Å². The van der Waals surface area contributed by atoms with Crippen LogP contribution in [0.15, 0.2) is 39.1 Å². The summed E-state index contributed by atoms with van der Waals surface area (Å²) in [6, 6.07) is 6.10. The minimum atomic E-state index is -4.69. The summed E-state index contributed by atoms with van der Waals surface area (Å²) in [6.07, 6.45) is -5.65. The molecule has 3 unspecified atom stereocenters. The molecule has 16 heteroatoms. The number of aromatic nitrogens is 4. The SMILES string of the molecule is CC(C)c1ccc(S(=O)(=O)c2nc3c(=O)[nH]c(N)nc3n2[C@@H]2OC3COP(=O)([O-])O[C@H]3C2O)cc1. The zero-order valence-electron chi connectivity index (χ0n) is 18.4. The van der Waals surface area contributed by atoms with Crippen molar-refractivity contribution < 1.29 is 36.8 Å². The molecular formula is C19H21N5O9PS-. The van der Waals surface area contributed by atoms with Crippen LogP contribution in [0.3, 0.4) is 0 Å². The minimum Gasteiger partial charge on any atom is -0.756 e. The van der Waals surface area contributed by atoms with Crippen LogP contribution in [-0.2, 0) is 28.2 Å². The number of hydrogen-bond acceptors (Lipinski definition) is 12. The Hall–Kier alpha value is -2.65. The number of H-pyrrole nitrogens is 1. The molecule has 4 heterocycles. The van der Waals surface area contributed by atoms with Crippen LogP contribution in [-0.4, -0.2) is 58.0 Å². The normalized spacial score (nSPS) is 29.1. The van der Waals surface area contributed by atoms with E-state index < -0.39 is 59.5 Å². The van der Waals surface area contributed by atoms with Crippen molar-refractivity contribution in [3.05, 3.63) is 40.2 Å². The van der Waals surface area contributed by atoms with Crippen LogP contribution in [0.4, 0.5) is 5.95 Å². The zero-order chi connectivity index (χ0) is 25.3. The fourth-order valence-corrected chi connectivity index (χ4v) is 6.39. The number of imidazole rings is 1. The first kappa shape index (κ1) is 24.1. The Labute approximate surface area is 198 Å². The van der Waals surface area contributed by atoms with Gasteiger partial charge in [-0.25, -0.2) is 13.4 Å². The number of phosphoric acid groups is 1. The Morgan fingerprint density at radius 2 is 1.97 bits per heavy atom. The summed E-state index contributed by atoms with van der Waals surface area (Å²) < 4.78 is 55.1. The number of nitrogens with one attached hydrogen (secondary N) is 1. The van der Waals surface area contributed by atoms with Crippen LogP contribution in [0.1, 0.15) is 31.6 Å². The number of aromatic amines is 1. The van der Waals surface area contributed by atoms with E-state index in [0.29, 0.717) is 0 Å². The number of aliphatic hydroxyl groups is 1. The zero-order valence-corrected chi connectivity index (χ0v) is 20.1. The monoisotopic (exact) mass is 526 g/mol. The third-order valence-corrected chi connectivity index (χ3v) is 8.47. The summed E-state index contributed by atoms with van der Waals surface area (Å²) in [5, 5.41) is 10.2. The van der Waals surface area contributed by atoms with Gasteiger partial charge in [0.2, 0.25) is 20.9 Å². The summed E-state index contributed by atoms with van der Waals surface area (Å²) in [4.78, 5) is 34.4. The van der Waals surface area contributed by atoms with E-state index in [2.05, 4.69) is 19.5 Å². The maximum absolute atomic E-state index is 13.6. The van der Waals surface area contributed by atoms with Gasteiger partial charge in [0.05, 0.1) is 11.5 Å². The number of nitrogen functional groups attached to an aromatic ring is 1. The van der Waals surface area contributed by atoms with Crippen molar-refractivity contribution in [3.63, 3.8) is 0 Å². The van der Waals surface area contributed by atoms with Gasteiger partial charge < -0.3 is 29.5 Å². The highest BCUT2D eigenvalue weighted by Crippen LogP contribution is 2.50. The average Bonchev–Trinajstić information content (AvgIpc) is 3.31. The van der Waals surface area contributed by atoms with E-state index in [0.717, 1.165) is 10.1 Å². The van der Waals surface area contributed by atoms with Gasteiger partial charge in [0, 0.05) is 0 Å². The number of aliphatic hydroxyl groups excluding tert-OH is 1. The highest BCUT2D eigenvalue weighted by atomic mass is 32.2. The van der Waals surface area contributed by atoms with Gasteiger partial charge in [-0.3, -0.25) is 18.9 Å². The molecule has 5 atom stereocenters.